The Hall–Kier alpha value is -1.92. The van der Waals surface area contributed by atoms with Crippen LogP contribution in [0.2, 0.25) is 0 Å². The molecule has 0 fully saturated rings. The number of hydrogen-bond donors (Lipinski definition) is 3. The first kappa shape index (κ1) is 15.1. The molecule has 1 amide bonds. The van der Waals surface area contributed by atoms with E-state index in [1.54, 1.807) is 0 Å². The number of ether oxygens (including phenoxy) is 1. The molecule has 0 spiro atoms. The van der Waals surface area contributed by atoms with E-state index < -0.39 is 12.0 Å². The SMILES string of the molecule is NC(Cc1ccccc1)C(=O)NCCOCC(=O)O. The van der Waals surface area contributed by atoms with Gasteiger partial charge in [-0.3, -0.25) is 4.79 Å². The summed E-state index contributed by atoms with van der Waals surface area (Å²) in [5.74, 6) is -1.31. The molecule has 0 radical (unpaired) electrons. The van der Waals surface area contributed by atoms with E-state index in [0.717, 1.165) is 5.56 Å². The number of hydrogen-bond acceptors (Lipinski definition) is 4. The molecule has 1 aromatic carbocycles. The molecule has 0 heterocycles. The number of nitrogens with one attached hydrogen (secondary N) is 1. The van der Waals surface area contributed by atoms with Crippen LogP contribution in [0.5, 0.6) is 0 Å². The Morgan fingerprint density at radius 2 is 2.00 bits per heavy atom. The maximum absolute atomic E-state index is 11.6. The van der Waals surface area contributed by atoms with Crippen LogP contribution in [0.1, 0.15) is 5.56 Å². The second-order valence-corrected chi connectivity index (χ2v) is 4.03. The van der Waals surface area contributed by atoms with Crippen LogP contribution in [-0.4, -0.2) is 42.8 Å². The van der Waals surface area contributed by atoms with E-state index in [4.69, 9.17) is 15.6 Å². The highest BCUT2D eigenvalue weighted by Gasteiger charge is 2.13. The van der Waals surface area contributed by atoms with Crippen LogP contribution in [0.25, 0.3) is 0 Å². The lowest BCUT2D eigenvalue weighted by Crippen LogP contribution is -2.43. The van der Waals surface area contributed by atoms with Gasteiger partial charge in [-0.25, -0.2) is 4.79 Å². The Balaban J connectivity index is 2.20. The van der Waals surface area contributed by atoms with Gasteiger partial charge in [-0.2, -0.15) is 0 Å². The number of rotatable bonds is 8. The summed E-state index contributed by atoms with van der Waals surface area (Å²) in [6.07, 6.45) is 0.461. The summed E-state index contributed by atoms with van der Waals surface area (Å²) >= 11 is 0. The predicted molar refractivity (Wildman–Crippen MR) is 69.6 cm³/mol. The molecule has 0 aliphatic heterocycles. The number of nitrogens with two attached hydrogens (primary N) is 1. The molecule has 104 valence electrons. The summed E-state index contributed by atoms with van der Waals surface area (Å²) < 4.78 is 4.79. The Bertz CT molecular complexity index is 408. The molecule has 1 aromatic rings. The Morgan fingerprint density at radius 1 is 1.32 bits per heavy atom. The van der Waals surface area contributed by atoms with E-state index in [-0.39, 0.29) is 25.7 Å². The van der Waals surface area contributed by atoms with Crippen LogP contribution in [0.3, 0.4) is 0 Å². The van der Waals surface area contributed by atoms with E-state index in [1.165, 1.54) is 0 Å². The summed E-state index contributed by atoms with van der Waals surface area (Å²) in [5, 5.41) is 10.9. The van der Waals surface area contributed by atoms with Crippen molar-refractivity contribution in [2.24, 2.45) is 5.73 Å². The molecule has 0 aliphatic rings. The van der Waals surface area contributed by atoms with Gasteiger partial charge >= 0.3 is 5.97 Å². The third kappa shape index (κ3) is 6.54. The first-order chi connectivity index (χ1) is 9.09. The normalized spacial score (nSPS) is 11.8. The first-order valence-corrected chi connectivity index (χ1v) is 5.96. The lowest BCUT2D eigenvalue weighted by molar-refractivity contribution is -0.142. The minimum absolute atomic E-state index is 0.149. The highest BCUT2D eigenvalue weighted by Crippen LogP contribution is 2.01. The molecule has 1 atom stereocenters. The largest absolute Gasteiger partial charge is 0.480 e. The van der Waals surface area contributed by atoms with E-state index in [0.29, 0.717) is 6.42 Å². The summed E-state index contributed by atoms with van der Waals surface area (Å²) in [5.41, 5.74) is 6.76. The van der Waals surface area contributed by atoms with Crippen LogP contribution in [0, 0.1) is 0 Å². The van der Waals surface area contributed by atoms with Crippen molar-refractivity contribution in [2.45, 2.75) is 12.5 Å². The van der Waals surface area contributed by atoms with Gasteiger partial charge in [-0.1, -0.05) is 30.3 Å². The molecule has 1 unspecified atom stereocenters. The molecule has 6 nitrogen and oxygen atoms in total. The zero-order valence-electron chi connectivity index (χ0n) is 10.5. The van der Waals surface area contributed by atoms with Gasteiger partial charge in [-0.15, -0.1) is 0 Å². The van der Waals surface area contributed by atoms with E-state index in [9.17, 15) is 9.59 Å². The molecule has 4 N–H and O–H groups in total. The minimum atomic E-state index is -1.04. The molecule has 19 heavy (non-hydrogen) atoms. The van der Waals surface area contributed by atoms with Gasteiger partial charge < -0.3 is 20.9 Å². The van der Waals surface area contributed by atoms with Crippen molar-refractivity contribution in [3.05, 3.63) is 35.9 Å². The van der Waals surface area contributed by atoms with E-state index in [2.05, 4.69) is 5.32 Å². The van der Waals surface area contributed by atoms with Crippen molar-refractivity contribution >= 4 is 11.9 Å². The monoisotopic (exact) mass is 266 g/mol. The first-order valence-electron chi connectivity index (χ1n) is 5.96. The smallest absolute Gasteiger partial charge is 0.329 e. The quantitative estimate of drug-likeness (QED) is 0.564. The van der Waals surface area contributed by atoms with Crippen LogP contribution >= 0.6 is 0 Å². The molecule has 1 rings (SSSR count). The fourth-order valence-electron chi connectivity index (χ4n) is 1.50. The van der Waals surface area contributed by atoms with Crippen LogP contribution in [0.4, 0.5) is 0 Å². The molecule has 0 aliphatic carbocycles. The number of amides is 1. The lowest BCUT2D eigenvalue weighted by Gasteiger charge is -2.12. The summed E-state index contributed by atoms with van der Waals surface area (Å²) in [6, 6.07) is 8.86. The van der Waals surface area contributed by atoms with Crippen molar-refractivity contribution < 1.29 is 19.4 Å². The highest BCUT2D eigenvalue weighted by molar-refractivity contribution is 5.81. The second-order valence-electron chi connectivity index (χ2n) is 4.03. The predicted octanol–water partition coefficient (Wildman–Crippen LogP) is -0.226. The van der Waals surface area contributed by atoms with E-state index in [1.807, 2.05) is 30.3 Å². The summed E-state index contributed by atoms with van der Waals surface area (Å²) in [4.78, 5) is 21.8. The number of benzene rings is 1. The molecule has 0 saturated heterocycles. The lowest BCUT2D eigenvalue weighted by atomic mass is 10.1. The van der Waals surface area contributed by atoms with Gasteiger partial charge in [0, 0.05) is 6.54 Å². The van der Waals surface area contributed by atoms with Gasteiger partial charge in [0.15, 0.2) is 0 Å². The summed E-state index contributed by atoms with van der Waals surface area (Å²) in [7, 11) is 0. The van der Waals surface area contributed by atoms with Crippen LogP contribution < -0.4 is 11.1 Å². The fraction of sp³-hybridized carbons (Fsp3) is 0.385. The van der Waals surface area contributed by atoms with Gasteiger partial charge in [0.25, 0.3) is 0 Å². The highest BCUT2D eigenvalue weighted by atomic mass is 16.5. The maximum atomic E-state index is 11.6. The molecular weight excluding hydrogens is 248 g/mol. The fourth-order valence-corrected chi connectivity index (χ4v) is 1.50. The molecular formula is C13H18N2O4. The van der Waals surface area contributed by atoms with Crippen molar-refractivity contribution in [2.75, 3.05) is 19.8 Å². The van der Waals surface area contributed by atoms with E-state index >= 15 is 0 Å². The van der Waals surface area contributed by atoms with Crippen LogP contribution in [0.15, 0.2) is 30.3 Å². The standard InChI is InChI=1S/C13H18N2O4/c14-11(8-10-4-2-1-3-5-10)13(18)15-6-7-19-9-12(16)17/h1-5,11H,6-9,14H2,(H,15,18)(H,16,17). The number of carboxylic acids is 1. The number of aliphatic carboxylic acids is 1. The minimum Gasteiger partial charge on any atom is -0.480 e. The topological polar surface area (TPSA) is 102 Å². The third-order valence-corrected chi connectivity index (χ3v) is 2.41. The zero-order valence-corrected chi connectivity index (χ0v) is 10.5. The van der Waals surface area contributed by atoms with Crippen molar-refractivity contribution in [1.82, 2.24) is 5.32 Å². The molecule has 0 bridgehead atoms. The average molecular weight is 266 g/mol. The third-order valence-electron chi connectivity index (χ3n) is 2.41. The van der Waals surface area contributed by atoms with Gasteiger partial charge in [0.05, 0.1) is 12.6 Å². The van der Waals surface area contributed by atoms with Crippen molar-refractivity contribution in [3.8, 4) is 0 Å². The molecule has 0 saturated carbocycles. The summed E-state index contributed by atoms with van der Waals surface area (Å²) in [6.45, 7) is 0.0244. The Labute approximate surface area is 111 Å². The number of carbonyl (C=O) groups is 2. The van der Waals surface area contributed by atoms with Crippen molar-refractivity contribution in [3.63, 3.8) is 0 Å². The number of carbonyl (C=O) groups excluding carboxylic acids is 1. The molecule has 6 heteroatoms. The molecule has 0 aromatic heterocycles. The zero-order chi connectivity index (χ0) is 14.1. The Morgan fingerprint density at radius 3 is 2.63 bits per heavy atom. The number of carboxylic acid groups (broad SMARTS) is 1. The van der Waals surface area contributed by atoms with Crippen LogP contribution in [-0.2, 0) is 20.7 Å². The van der Waals surface area contributed by atoms with Gasteiger partial charge in [-0.05, 0) is 12.0 Å². The maximum Gasteiger partial charge on any atom is 0.329 e. The Kier molecular flexibility index (Phi) is 6.56. The average Bonchev–Trinajstić information content (AvgIpc) is 2.38. The van der Waals surface area contributed by atoms with Crippen molar-refractivity contribution in [1.29, 1.82) is 0 Å². The van der Waals surface area contributed by atoms with Gasteiger partial charge in [0.2, 0.25) is 5.91 Å². The van der Waals surface area contributed by atoms with Gasteiger partial charge in [0.1, 0.15) is 6.61 Å². The second kappa shape index (κ2) is 8.23.